The van der Waals surface area contributed by atoms with E-state index in [1.54, 1.807) is 0 Å². The number of ether oxygens (including phenoxy) is 2. The monoisotopic (exact) mass is 498 g/mol. The van der Waals surface area contributed by atoms with Gasteiger partial charge in [0.1, 0.15) is 12.2 Å². The van der Waals surface area contributed by atoms with Crippen molar-refractivity contribution in [3.8, 4) is 22.3 Å². The summed E-state index contributed by atoms with van der Waals surface area (Å²) in [4.78, 5) is 12.5. The van der Waals surface area contributed by atoms with E-state index < -0.39 is 40.9 Å². The van der Waals surface area contributed by atoms with Gasteiger partial charge in [-0.3, -0.25) is 0 Å². The van der Waals surface area contributed by atoms with E-state index in [4.69, 9.17) is 9.47 Å². The second-order valence-corrected chi connectivity index (χ2v) is 9.47. The predicted octanol–water partition coefficient (Wildman–Crippen LogP) is 7.77. The van der Waals surface area contributed by atoms with Crippen molar-refractivity contribution in [1.82, 2.24) is 0 Å². The van der Waals surface area contributed by atoms with Crippen LogP contribution in [0.5, 0.6) is 0 Å². The molecule has 0 spiro atoms. The maximum absolute atomic E-state index is 14.9. The van der Waals surface area contributed by atoms with Crippen molar-refractivity contribution in [2.24, 2.45) is 5.92 Å². The summed E-state index contributed by atoms with van der Waals surface area (Å²) in [6, 6.07) is 11.5. The Bertz CT molecular complexity index is 1280. The summed E-state index contributed by atoms with van der Waals surface area (Å²) in [7, 11) is 0. The molecular formula is C29H26F4O3. The van der Waals surface area contributed by atoms with Crippen LogP contribution in [0.1, 0.15) is 61.1 Å². The summed E-state index contributed by atoms with van der Waals surface area (Å²) in [5.74, 6) is -4.63. The van der Waals surface area contributed by atoms with Crippen molar-refractivity contribution in [1.29, 1.82) is 0 Å². The zero-order valence-corrected chi connectivity index (χ0v) is 19.8. The fraction of sp³-hybridized carbons (Fsp3) is 0.345. The second kappa shape index (κ2) is 10.1. The van der Waals surface area contributed by atoms with E-state index in [0.29, 0.717) is 23.7 Å². The molecule has 1 unspecified atom stereocenters. The van der Waals surface area contributed by atoms with Crippen LogP contribution < -0.4 is 0 Å². The highest BCUT2D eigenvalue weighted by Gasteiger charge is 2.30. The first-order valence-corrected chi connectivity index (χ1v) is 12.3. The second-order valence-electron chi connectivity index (χ2n) is 9.47. The topological polar surface area (TPSA) is 38.8 Å². The number of benzene rings is 3. The maximum atomic E-state index is 14.9. The number of hydrogen-bond donors (Lipinski definition) is 0. The normalized spacial score (nSPS) is 21.3. The van der Waals surface area contributed by atoms with Gasteiger partial charge in [-0.25, -0.2) is 22.4 Å². The highest BCUT2D eigenvalue weighted by molar-refractivity contribution is 5.90. The fourth-order valence-electron chi connectivity index (χ4n) is 4.90. The molecular weight excluding hydrogens is 472 g/mol. The van der Waals surface area contributed by atoms with E-state index in [1.165, 1.54) is 48.5 Å². The Kier molecular flexibility index (Phi) is 6.84. The minimum absolute atomic E-state index is 0.0491. The van der Waals surface area contributed by atoms with Crippen molar-refractivity contribution >= 4 is 5.97 Å². The molecule has 188 valence electrons. The minimum Gasteiger partial charge on any atom is -0.459 e. The van der Waals surface area contributed by atoms with Crippen molar-refractivity contribution in [3.05, 3.63) is 82.9 Å². The molecule has 1 saturated carbocycles. The van der Waals surface area contributed by atoms with Crippen molar-refractivity contribution in [3.63, 3.8) is 0 Å². The lowest BCUT2D eigenvalue weighted by Gasteiger charge is -2.27. The first-order valence-electron chi connectivity index (χ1n) is 12.3. The van der Waals surface area contributed by atoms with Crippen LogP contribution in [0.4, 0.5) is 17.6 Å². The molecule has 1 aliphatic carbocycles. The fourth-order valence-corrected chi connectivity index (χ4v) is 4.90. The molecule has 1 heterocycles. The first kappa shape index (κ1) is 24.5. The van der Waals surface area contributed by atoms with Crippen LogP contribution in [0.2, 0.25) is 0 Å². The van der Waals surface area contributed by atoms with Crippen LogP contribution in [0.25, 0.3) is 22.3 Å². The smallest absolute Gasteiger partial charge is 0.341 e. The van der Waals surface area contributed by atoms with Crippen LogP contribution >= 0.6 is 0 Å². The molecule has 3 nitrogen and oxygen atoms in total. The molecule has 5 rings (SSSR count). The van der Waals surface area contributed by atoms with E-state index in [9.17, 15) is 22.4 Å². The molecule has 0 amide bonds. The number of esters is 1. The molecule has 1 saturated heterocycles. The van der Waals surface area contributed by atoms with Crippen molar-refractivity contribution in [2.45, 2.75) is 51.2 Å². The SMILES string of the molecule is CCC1CCC(OC(=O)c2ccc(-c3ccc(-c4ccc(C5CO5)c(F)c4F)cc3)c(F)c2F)CC1. The van der Waals surface area contributed by atoms with Crippen LogP contribution in [0.3, 0.4) is 0 Å². The lowest BCUT2D eigenvalue weighted by molar-refractivity contribution is 0.0158. The molecule has 1 atom stereocenters. The van der Waals surface area contributed by atoms with Crippen LogP contribution in [-0.4, -0.2) is 18.7 Å². The van der Waals surface area contributed by atoms with Gasteiger partial charge in [-0.15, -0.1) is 0 Å². The Balaban J connectivity index is 1.33. The van der Waals surface area contributed by atoms with Gasteiger partial charge in [-0.1, -0.05) is 55.8 Å². The summed E-state index contributed by atoms with van der Waals surface area (Å²) in [5, 5.41) is 0. The van der Waals surface area contributed by atoms with Gasteiger partial charge in [-0.05, 0) is 48.8 Å². The molecule has 7 heteroatoms. The largest absolute Gasteiger partial charge is 0.459 e. The Morgan fingerprint density at radius 3 is 1.92 bits per heavy atom. The number of carbonyl (C=O) groups is 1. The van der Waals surface area contributed by atoms with Crippen LogP contribution in [0.15, 0.2) is 48.5 Å². The van der Waals surface area contributed by atoms with Crippen molar-refractivity contribution in [2.75, 3.05) is 6.61 Å². The zero-order chi connectivity index (χ0) is 25.4. The average molecular weight is 499 g/mol. The summed E-state index contributed by atoms with van der Waals surface area (Å²) in [6.45, 7) is 2.49. The van der Waals surface area contributed by atoms with Gasteiger partial charge in [-0.2, -0.15) is 0 Å². The Labute approximate surface area is 207 Å². The molecule has 0 aromatic heterocycles. The summed E-state index contributed by atoms with van der Waals surface area (Å²) in [6.07, 6.45) is 3.74. The molecule has 2 aliphatic rings. The Morgan fingerprint density at radius 2 is 1.36 bits per heavy atom. The van der Waals surface area contributed by atoms with Crippen molar-refractivity contribution < 1.29 is 31.8 Å². The van der Waals surface area contributed by atoms with Gasteiger partial charge in [0.05, 0.1) is 12.2 Å². The van der Waals surface area contributed by atoms with Gasteiger partial charge in [0.25, 0.3) is 0 Å². The maximum Gasteiger partial charge on any atom is 0.341 e. The van der Waals surface area contributed by atoms with E-state index in [2.05, 4.69) is 6.92 Å². The summed E-state index contributed by atoms with van der Waals surface area (Å²) in [5.41, 5.74) is 0.461. The number of epoxide rings is 1. The third-order valence-corrected chi connectivity index (χ3v) is 7.25. The van der Waals surface area contributed by atoms with Gasteiger partial charge < -0.3 is 9.47 Å². The number of rotatable bonds is 6. The zero-order valence-electron chi connectivity index (χ0n) is 19.8. The van der Waals surface area contributed by atoms with Gasteiger partial charge in [0, 0.05) is 16.7 Å². The lowest BCUT2D eigenvalue weighted by atomic mass is 9.86. The standard InChI is InChI=1S/C29H26F4O3/c1-2-16-3-9-19(10-4-16)36-29(34)23-14-12-21(26(31)28(23)33)18-7-5-17(6-8-18)20-11-13-22(24-15-35-24)27(32)25(20)30/h5-8,11-14,16,19,24H,2-4,9-10,15H2,1H3. The van der Waals surface area contributed by atoms with Gasteiger partial charge >= 0.3 is 5.97 Å². The molecule has 3 aromatic rings. The minimum atomic E-state index is -1.27. The predicted molar refractivity (Wildman–Crippen MR) is 127 cm³/mol. The van der Waals surface area contributed by atoms with Gasteiger partial charge in [0.15, 0.2) is 23.3 Å². The van der Waals surface area contributed by atoms with Crippen LogP contribution in [0, 0.1) is 29.2 Å². The average Bonchev–Trinajstić information content (AvgIpc) is 3.73. The third-order valence-electron chi connectivity index (χ3n) is 7.25. The molecule has 0 N–H and O–H groups in total. The Morgan fingerprint density at radius 1 is 0.806 bits per heavy atom. The molecule has 0 radical (unpaired) electrons. The highest BCUT2D eigenvalue weighted by Crippen LogP contribution is 2.36. The molecule has 0 bridgehead atoms. The van der Waals surface area contributed by atoms with Crippen LogP contribution in [-0.2, 0) is 9.47 Å². The highest BCUT2D eigenvalue weighted by atomic mass is 19.2. The summed E-state index contributed by atoms with van der Waals surface area (Å²) >= 11 is 0. The van der Waals surface area contributed by atoms with E-state index in [-0.39, 0.29) is 22.8 Å². The molecule has 3 aromatic carbocycles. The molecule has 1 aliphatic heterocycles. The number of halogens is 4. The first-order chi connectivity index (χ1) is 17.4. The molecule has 2 fully saturated rings. The number of hydrogen-bond acceptors (Lipinski definition) is 3. The lowest BCUT2D eigenvalue weighted by Crippen LogP contribution is -2.25. The quantitative estimate of drug-likeness (QED) is 0.198. The number of carbonyl (C=O) groups excluding carboxylic acids is 1. The van der Waals surface area contributed by atoms with E-state index >= 15 is 0 Å². The Hall–Kier alpha value is -3.19. The van der Waals surface area contributed by atoms with E-state index in [1.807, 2.05) is 0 Å². The van der Waals surface area contributed by atoms with Gasteiger partial charge in [0.2, 0.25) is 0 Å². The van der Waals surface area contributed by atoms with E-state index in [0.717, 1.165) is 32.1 Å². The summed E-state index contributed by atoms with van der Waals surface area (Å²) < 4.78 is 69.3. The third kappa shape index (κ3) is 4.76. The molecule has 36 heavy (non-hydrogen) atoms.